The van der Waals surface area contributed by atoms with Gasteiger partial charge in [0.05, 0.1) is 18.7 Å². The molecule has 0 radical (unpaired) electrons. The first kappa shape index (κ1) is 22.3. The molecule has 4 amide bonds. The molecule has 0 spiro atoms. The third-order valence-electron chi connectivity index (χ3n) is 5.28. The van der Waals surface area contributed by atoms with Gasteiger partial charge in [-0.1, -0.05) is 0 Å². The number of piperazine rings is 1. The molecule has 3 heterocycles. The number of hydrogen-bond acceptors (Lipinski definition) is 7. The van der Waals surface area contributed by atoms with Crippen LogP contribution in [0, 0.1) is 0 Å². The second-order valence-corrected chi connectivity index (χ2v) is 8.43. The SMILES string of the molecule is CCOC(=O)N1CCC(NC(=O)Cc2csc(NC(=O)N3CCN(C)CC3)n2)CC1. The van der Waals surface area contributed by atoms with Crippen LogP contribution in [0.25, 0.3) is 0 Å². The summed E-state index contributed by atoms with van der Waals surface area (Å²) in [7, 11) is 2.04. The fourth-order valence-electron chi connectivity index (χ4n) is 3.49. The standard InChI is InChI=1S/C19H30N6O4S/c1-3-29-19(28)25-6-4-14(5-7-25)20-16(26)12-15-13-30-17(21-15)22-18(27)24-10-8-23(2)9-11-24/h13-14H,3-12H2,1-2H3,(H,20,26)(H,21,22,27). The van der Waals surface area contributed by atoms with Crippen LogP contribution in [0.1, 0.15) is 25.5 Å². The van der Waals surface area contributed by atoms with Crippen molar-refractivity contribution in [2.75, 3.05) is 58.2 Å². The minimum Gasteiger partial charge on any atom is -0.450 e. The number of nitrogens with one attached hydrogen (secondary N) is 2. The Bertz CT molecular complexity index is 741. The first-order valence-electron chi connectivity index (χ1n) is 10.3. The van der Waals surface area contributed by atoms with E-state index >= 15 is 0 Å². The lowest BCUT2D eigenvalue weighted by Gasteiger charge is -2.32. The summed E-state index contributed by atoms with van der Waals surface area (Å²) in [4.78, 5) is 46.4. The second kappa shape index (κ2) is 10.6. The van der Waals surface area contributed by atoms with Gasteiger partial charge in [-0.15, -0.1) is 11.3 Å². The Balaban J connectivity index is 1.40. The number of carbonyl (C=O) groups excluding carboxylic acids is 3. The number of carbonyl (C=O) groups is 3. The van der Waals surface area contributed by atoms with Gasteiger partial charge in [0.1, 0.15) is 0 Å². The molecule has 2 N–H and O–H groups in total. The zero-order valence-corrected chi connectivity index (χ0v) is 18.4. The number of likely N-dealkylation sites (tertiary alicyclic amines) is 1. The van der Waals surface area contributed by atoms with Crippen molar-refractivity contribution in [3.63, 3.8) is 0 Å². The van der Waals surface area contributed by atoms with E-state index in [9.17, 15) is 14.4 Å². The molecule has 0 saturated carbocycles. The summed E-state index contributed by atoms with van der Waals surface area (Å²) in [5.74, 6) is -0.105. The monoisotopic (exact) mass is 438 g/mol. The van der Waals surface area contributed by atoms with Gasteiger partial charge >= 0.3 is 12.1 Å². The Labute approximate surface area is 180 Å². The van der Waals surface area contributed by atoms with E-state index < -0.39 is 0 Å². The van der Waals surface area contributed by atoms with Gasteiger partial charge in [-0.25, -0.2) is 14.6 Å². The van der Waals surface area contributed by atoms with Crippen LogP contribution in [-0.4, -0.2) is 96.7 Å². The van der Waals surface area contributed by atoms with E-state index in [2.05, 4.69) is 20.5 Å². The maximum absolute atomic E-state index is 12.4. The molecule has 0 aromatic carbocycles. The molecule has 0 unspecified atom stereocenters. The highest BCUT2D eigenvalue weighted by Gasteiger charge is 2.25. The lowest BCUT2D eigenvalue weighted by atomic mass is 10.1. The van der Waals surface area contributed by atoms with Crippen LogP contribution in [0.5, 0.6) is 0 Å². The van der Waals surface area contributed by atoms with Crippen molar-refractivity contribution in [2.24, 2.45) is 0 Å². The first-order chi connectivity index (χ1) is 14.4. The average molecular weight is 439 g/mol. The Morgan fingerprint density at radius 3 is 2.50 bits per heavy atom. The summed E-state index contributed by atoms with van der Waals surface area (Å²) >= 11 is 1.32. The zero-order valence-electron chi connectivity index (χ0n) is 17.6. The molecule has 1 aromatic rings. The highest BCUT2D eigenvalue weighted by atomic mass is 32.1. The number of ether oxygens (including phenoxy) is 1. The van der Waals surface area contributed by atoms with Gasteiger partial charge in [0.25, 0.3) is 0 Å². The number of likely N-dealkylation sites (N-methyl/N-ethyl adjacent to an activating group) is 1. The molecule has 2 aliphatic heterocycles. The van der Waals surface area contributed by atoms with Crippen LogP contribution in [0.15, 0.2) is 5.38 Å². The molecule has 11 heteroatoms. The van der Waals surface area contributed by atoms with E-state index in [1.807, 2.05) is 7.05 Å². The highest BCUT2D eigenvalue weighted by Crippen LogP contribution is 2.17. The summed E-state index contributed by atoms with van der Waals surface area (Å²) in [5, 5.41) is 8.13. The van der Waals surface area contributed by atoms with Crippen molar-refractivity contribution >= 4 is 34.5 Å². The van der Waals surface area contributed by atoms with Gasteiger partial charge in [0.2, 0.25) is 5.91 Å². The molecule has 0 bridgehead atoms. The molecule has 30 heavy (non-hydrogen) atoms. The van der Waals surface area contributed by atoms with Crippen molar-refractivity contribution in [3.8, 4) is 0 Å². The van der Waals surface area contributed by atoms with Crippen LogP contribution in [0.4, 0.5) is 14.7 Å². The van der Waals surface area contributed by atoms with Gasteiger partial charge in [-0.3, -0.25) is 10.1 Å². The van der Waals surface area contributed by atoms with Gasteiger partial charge in [-0.05, 0) is 26.8 Å². The van der Waals surface area contributed by atoms with Crippen molar-refractivity contribution in [1.82, 2.24) is 25.0 Å². The number of amides is 4. The molecular weight excluding hydrogens is 408 g/mol. The molecule has 10 nitrogen and oxygen atoms in total. The van der Waals surface area contributed by atoms with Crippen molar-refractivity contribution in [3.05, 3.63) is 11.1 Å². The average Bonchev–Trinajstić information content (AvgIpc) is 3.15. The number of rotatable bonds is 5. The number of nitrogens with zero attached hydrogens (tertiary/aromatic N) is 4. The summed E-state index contributed by atoms with van der Waals surface area (Å²) in [6.07, 6.45) is 1.27. The van der Waals surface area contributed by atoms with Crippen molar-refractivity contribution < 1.29 is 19.1 Å². The fraction of sp³-hybridized carbons (Fsp3) is 0.684. The molecule has 0 aliphatic carbocycles. The lowest BCUT2D eigenvalue weighted by Crippen LogP contribution is -2.48. The van der Waals surface area contributed by atoms with E-state index in [-0.39, 0.29) is 30.5 Å². The third-order valence-corrected chi connectivity index (χ3v) is 6.09. The minimum absolute atomic E-state index is 0.0400. The lowest BCUT2D eigenvalue weighted by molar-refractivity contribution is -0.121. The number of anilines is 1. The predicted molar refractivity (Wildman–Crippen MR) is 114 cm³/mol. The maximum Gasteiger partial charge on any atom is 0.409 e. The van der Waals surface area contributed by atoms with Crippen LogP contribution in [-0.2, 0) is 16.0 Å². The van der Waals surface area contributed by atoms with Crippen LogP contribution >= 0.6 is 11.3 Å². The molecule has 2 aliphatic rings. The largest absolute Gasteiger partial charge is 0.450 e. The summed E-state index contributed by atoms with van der Waals surface area (Å²) in [6.45, 7) is 6.39. The number of aromatic nitrogens is 1. The predicted octanol–water partition coefficient (Wildman–Crippen LogP) is 1.20. The molecule has 0 atom stereocenters. The quantitative estimate of drug-likeness (QED) is 0.715. The molecule has 2 fully saturated rings. The van der Waals surface area contributed by atoms with Gasteiger partial charge < -0.3 is 24.8 Å². The Morgan fingerprint density at radius 1 is 1.13 bits per heavy atom. The van der Waals surface area contributed by atoms with Crippen LogP contribution < -0.4 is 10.6 Å². The van der Waals surface area contributed by atoms with E-state index in [1.54, 1.807) is 22.1 Å². The number of piperidine rings is 1. The van der Waals surface area contributed by atoms with E-state index in [4.69, 9.17) is 4.74 Å². The van der Waals surface area contributed by atoms with Crippen LogP contribution in [0.3, 0.4) is 0 Å². The Morgan fingerprint density at radius 2 is 1.83 bits per heavy atom. The first-order valence-corrected chi connectivity index (χ1v) is 11.2. The number of thiazole rings is 1. The number of urea groups is 1. The molecular formula is C19H30N6O4S. The summed E-state index contributed by atoms with van der Waals surface area (Å²) in [5.41, 5.74) is 0.634. The Kier molecular flexibility index (Phi) is 7.86. The van der Waals surface area contributed by atoms with Crippen molar-refractivity contribution in [1.29, 1.82) is 0 Å². The Hall–Kier alpha value is -2.40. The summed E-state index contributed by atoms with van der Waals surface area (Å²) in [6, 6.07) is -0.111. The van der Waals surface area contributed by atoms with E-state index in [1.165, 1.54) is 11.3 Å². The normalized spacial score (nSPS) is 18.2. The maximum atomic E-state index is 12.4. The van der Waals surface area contributed by atoms with E-state index in [0.717, 1.165) is 13.1 Å². The molecule has 1 aromatic heterocycles. The van der Waals surface area contributed by atoms with Gasteiger partial charge in [0, 0.05) is 50.7 Å². The van der Waals surface area contributed by atoms with E-state index in [0.29, 0.717) is 56.5 Å². The second-order valence-electron chi connectivity index (χ2n) is 7.57. The fourth-order valence-corrected chi connectivity index (χ4v) is 4.19. The van der Waals surface area contributed by atoms with Gasteiger partial charge in [0.15, 0.2) is 5.13 Å². The smallest absolute Gasteiger partial charge is 0.409 e. The highest BCUT2D eigenvalue weighted by molar-refractivity contribution is 7.13. The minimum atomic E-state index is -0.295. The number of hydrogen-bond donors (Lipinski definition) is 2. The zero-order chi connectivity index (χ0) is 21.5. The van der Waals surface area contributed by atoms with Crippen LogP contribution in [0.2, 0.25) is 0 Å². The summed E-state index contributed by atoms with van der Waals surface area (Å²) < 4.78 is 5.01. The molecule has 2 saturated heterocycles. The third kappa shape index (κ3) is 6.30. The molecule has 3 rings (SSSR count). The van der Waals surface area contributed by atoms with Crippen molar-refractivity contribution in [2.45, 2.75) is 32.2 Å². The molecule has 166 valence electrons. The topological polar surface area (TPSA) is 107 Å². The van der Waals surface area contributed by atoms with Gasteiger partial charge in [-0.2, -0.15) is 0 Å².